The maximum atomic E-state index is 6.20. The molecule has 0 bridgehead atoms. The van der Waals surface area contributed by atoms with E-state index >= 15 is 0 Å². The molecule has 0 fully saturated rings. The van der Waals surface area contributed by atoms with Gasteiger partial charge >= 0.3 is 0 Å². The number of hydrogen-bond donors (Lipinski definition) is 2. The lowest BCUT2D eigenvalue weighted by atomic mass is 10.0. The molecule has 2 aliphatic rings. The normalized spacial score (nSPS) is 14.8. The summed E-state index contributed by atoms with van der Waals surface area (Å²) >= 11 is 0. The van der Waals surface area contributed by atoms with Crippen LogP contribution in [-0.2, 0) is 19.3 Å². The zero-order valence-corrected chi connectivity index (χ0v) is 18.3. The van der Waals surface area contributed by atoms with Crippen LogP contribution in [0.4, 0.5) is 17.6 Å². The molecule has 1 aliphatic heterocycles. The van der Waals surface area contributed by atoms with Gasteiger partial charge in [0.05, 0.1) is 12.3 Å². The Balaban J connectivity index is 1.29. The van der Waals surface area contributed by atoms with E-state index < -0.39 is 0 Å². The molecule has 4 aromatic rings. The SMILES string of the molecule is Nc1nc(Nc2ccc3c(c2)CCCCO3)nn1-c1cc2c(nn1)-c1ccccc1CCC2. The molecule has 0 amide bonds. The molecule has 8 heteroatoms. The fourth-order valence-electron chi connectivity index (χ4n) is 4.65. The highest BCUT2D eigenvalue weighted by molar-refractivity contribution is 5.68. The Morgan fingerprint density at radius 3 is 2.73 bits per heavy atom. The summed E-state index contributed by atoms with van der Waals surface area (Å²) < 4.78 is 7.35. The van der Waals surface area contributed by atoms with Crippen molar-refractivity contribution in [3.63, 3.8) is 0 Å². The van der Waals surface area contributed by atoms with Crippen molar-refractivity contribution >= 4 is 17.6 Å². The number of nitrogens with zero attached hydrogens (tertiary/aromatic N) is 5. The van der Waals surface area contributed by atoms with Crippen molar-refractivity contribution in [1.82, 2.24) is 25.0 Å². The fraction of sp³-hybridized carbons (Fsp3) is 0.280. The minimum atomic E-state index is 0.263. The van der Waals surface area contributed by atoms with E-state index in [0.717, 1.165) is 73.4 Å². The number of aromatic nitrogens is 5. The van der Waals surface area contributed by atoms with Gasteiger partial charge in [-0.25, -0.2) is 0 Å². The standard InChI is InChI=1S/C25H25N7O/c26-24-28-25(27-19-11-12-21-17(14-19)7-3-4-13-33-21)31-32(24)22-15-18-9-5-8-16-6-1-2-10-20(16)23(18)30-29-22/h1-2,6,10-12,14-15H,3-5,7-9,13H2,(H3,26,27,28,31). The van der Waals surface area contributed by atoms with Crippen LogP contribution in [0.3, 0.4) is 0 Å². The number of aryl methyl sites for hydroxylation is 3. The van der Waals surface area contributed by atoms with Crippen molar-refractivity contribution in [2.45, 2.75) is 38.5 Å². The smallest absolute Gasteiger partial charge is 0.248 e. The molecule has 0 saturated heterocycles. The second kappa shape index (κ2) is 8.20. The monoisotopic (exact) mass is 439 g/mol. The van der Waals surface area contributed by atoms with Crippen molar-refractivity contribution in [3.05, 3.63) is 65.2 Å². The van der Waals surface area contributed by atoms with Crippen LogP contribution in [0.1, 0.15) is 36.0 Å². The van der Waals surface area contributed by atoms with Crippen LogP contribution in [-0.4, -0.2) is 31.6 Å². The molecule has 33 heavy (non-hydrogen) atoms. The molecule has 0 saturated carbocycles. The number of ether oxygens (including phenoxy) is 1. The number of fused-ring (bicyclic) bond motifs is 4. The average molecular weight is 440 g/mol. The molecule has 166 valence electrons. The van der Waals surface area contributed by atoms with E-state index in [1.54, 1.807) is 4.68 Å². The summed E-state index contributed by atoms with van der Waals surface area (Å²) in [6.07, 6.45) is 6.24. The molecule has 8 nitrogen and oxygen atoms in total. The van der Waals surface area contributed by atoms with Crippen LogP contribution in [0.25, 0.3) is 17.1 Å². The zero-order chi connectivity index (χ0) is 22.2. The van der Waals surface area contributed by atoms with Crippen molar-refractivity contribution < 1.29 is 4.74 Å². The molecule has 0 atom stereocenters. The average Bonchev–Trinajstić information content (AvgIpc) is 2.99. The molecule has 3 heterocycles. The van der Waals surface area contributed by atoms with Gasteiger partial charge in [-0.1, -0.05) is 24.3 Å². The van der Waals surface area contributed by atoms with Crippen molar-refractivity contribution in [1.29, 1.82) is 0 Å². The van der Waals surface area contributed by atoms with Gasteiger partial charge in [-0.15, -0.1) is 15.3 Å². The van der Waals surface area contributed by atoms with Crippen molar-refractivity contribution in [3.8, 4) is 22.8 Å². The number of rotatable bonds is 3. The lowest BCUT2D eigenvalue weighted by Crippen LogP contribution is -2.08. The summed E-state index contributed by atoms with van der Waals surface area (Å²) in [5, 5.41) is 16.8. The molecule has 1 aliphatic carbocycles. The van der Waals surface area contributed by atoms with Gasteiger partial charge in [0.25, 0.3) is 0 Å². The Morgan fingerprint density at radius 1 is 0.879 bits per heavy atom. The lowest BCUT2D eigenvalue weighted by Gasteiger charge is -2.09. The van der Waals surface area contributed by atoms with E-state index in [0.29, 0.717) is 11.8 Å². The molecular formula is C25H25N7O. The van der Waals surface area contributed by atoms with Crippen LogP contribution in [0, 0.1) is 0 Å². The largest absolute Gasteiger partial charge is 0.493 e. The van der Waals surface area contributed by atoms with Gasteiger partial charge in [0, 0.05) is 11.3 Å². The number of benzene rings is 2. The summed E-state index contributed by atoms with van der Waals surface area (Å²) in [5.41, 5.74) is 12.9. The minimum absolute atomic E-state index is 0.263. The van der Waals surface area contributed by atoms with Gasteiger partial charge in [-0.05, 0) is 79.5 Å². The lowest BCUT2D eigenvalue weighted by molar-refractivity contribution is 0.317. The van der Waals surface area contributed by atoms with E-state index in [4.69, 9.17) is 10.5 Å². The summed E-state index contributed by atoms with van der Waals surface area (Å²) in [5.74, 6) is 2.21. The van der Waals surface area contributed by atoms with Crippen LogP contribution < -0.4 is 15.8 Å². The fourth-order valence-corrected chi connectivity index (χ4v) is 4.65. The molecule has 0 spiro atoms. The second-order valence-corrected chi connectivity index (χ2v) is 8.55. The van der Waals surface area contributed by atoms with E-state index in [9.17, 15) is 0 Å². The third-order valence-corrected chi connectivity index (χ3v) is 6.29. The Hall–Kier alpha value is -3.94. The highest BCUT2D eigenvalue weighted by Crippen LogP contribution is 2.32. The van der Waals surface area contributed by atoms with Crippen molar-refractivity contribution in [2.24, 2.45) is 0 Å². The number of nitrogen functional groups attached to an aromatic ring is 1. The number of nitrogens with two attached hydrogens (primary N) is 1. The van der Waals surface area contributed by atoms with Crippen LogP contribution >= 0.6 is 0 Å². The maximum absolute atomic E-state index is 6.20. The van der Waals surface area contributed by atoms with Crippen LogP contribution in [0.2, 0.25) is 0 Å². The van der Waals surface area contributed by atoms with Crippen LogP contribution in [0.15, 0.2) is 48.5 Å². The first-order valence-corrected chi connectivity index (χ1v) is 11.5. The molecule has 2 aromatic carbocycles. The van der Waals surface area contributed by atoms with Gasteiger partial charge in [0.2, 0.25) is 11.9 Å². The Labute approximate surface area is 191 Å². The van der Waals surface area contributed by atoms with Gasteiger partial charge in [0.1, 0.15) is 5.75 Å². The van der Waals surface area contributed by atoms with E-state index in [-0.39, 0.29) is 5.95 Å². The van der Waals surface area contributed by atoms with E-state index in [1.807, 2.05) is 24.3 Å². The first-order valence-electron chi connectivity index (χ1n) is 11.5. The summed E-state index contributed by atoms with van der Waals surface area (Å²) in [7, 11) is 0. The summed E-state index contributed by atoms with van der Waals surface area (Å²) in [6.45, 7) is 0.773. The van der Waals surface area contributed by atoms with Gasteiger partial charge < -0.3 is 15.8 Å². The van der Waals surface area contributed by atoms with E-state index in [1.165, 1.54) is 11.1 Å². The molecular weight excluding hydrogens is 414 g/mol. The maximum Gasteiger partial charge on any atom is 0.248 e. The highest BCUT2D eigenvalue weighted by atomic mass is 16.5. The third kappa shape index (κ3) is 3.77. The molecule has 0 unspecified atom stereocenters. The Morgan fingerprint density at radius 2 is 1.76 bits per heavy atom. The summed E-state index contributed by atoms with van der Waals surface area (Å²) in [4.78, 5) is 4.40. The quantitative estimate of drug-likeness (QED) is 0.492. The minimum Gasteiger partial charge on any atom is -0.493 e. The van der Waals surface area contributed by atoms with Gasteiger partial charge in [-0.3, -0.25) is 0 Å². The second-order valence-electron chi connectivity index (χ2n) is 8.55. The Kier molecular flexibility index (Phi) is 4.90. The summed E-state index contributed by atoms with van der Waals surface area (Å²) in [6, 6.07) is 16.5. The molecule has 0 radical (unpaired) electrons. The highest BCUT2D eigenvalue weighted by Gasteiger charge is 2.19. The number of nitrogens with one attached hydrogen (secondary N) is 1. The molecule has 6 rings (SSSR count). The topological polar surface area (TPSA) is 104 Å². The first-order chi connectivity index (χ1) is 16.2. The van der Waals surface area contributed by atoms with Crippen LogP contribution in [0.5, 0.6) is 5.75 Å². The predicted molar refractivity (Wildman–Crippen MR) is 127 cm³/mol. The van der Waals surface area contributed by atoms with E-state index in [2.05, 4.69) is 49.9 Å². The number of hydrogen-bond acceptors (Lipinski definition) is 7. The van der Waals surface area contributed by atoms with Crippen molar-refractivity contribution in [2.75, 3.05) is 17.7 Å². The molecule has 2 aromatic heterocycles. The van der Waals surface area contributed by atoms with Gasteiger partial charge in [-0.2, -0.15) is 9.67 Å². The molecule has 3 N–H and O–H groups in total. The Bertz CT molecular complexity index is 1330. The predicted octanol–water partition coefficient (Wildman–Crippen LogP) is 4.25. The third-order valence-electron chi connectivity index (χ3n) is 6.29. The van der Waals surface area contributed by atoms with Gasteiger partial charge in [0.15, 0.2) is 5.82 Å². The zero-order valence-electron chi connectivity index (χ0n) is 18.3. The first kappa shape index (κ1) is 19.7. The number of anilines is 3.